The van der Waals surface area contributed by atoms with E-state index in [0.717, 1.165) is 21.1 Å². The number of carbonyl (C=O) groups is 4. The summed E-state index contributed by atoms with van der Waals surface area (Å²) >= 11 is 3.23. The topological polar surface area (TPSA) is 98.8 Å². The summed E-state index contributed by atoms with van der Waals surface area (Å²) in [5, 5.41) is 7.20. The number of hydrogen-bond donors (Lipinski definition) is 2. The Hall–Kier alpha value is -3.77. The van der Waals surface area contributed by atoms with Gasteiger partial charge in [-0.15, -0.1) is 22.7 Å². The van der Waals surface area contributed by atoms with E-state index in [1.54, 1.807) is 69.1 Å². The van der Waals surface area contributed by atoms with Crippen molar-refractivity contribution in [2.24, 2.45) is 0 Å². The molecule has 4 aliphatic rings. The minimum absolute atomic E-state index is 0. The van der Waals surface area contributed by atoms with E-state index in [1.165, 1.54) is 13.8 Å². The van der Waals surface area contributed by atoms with Crippen LogP contribution in [-0.2, 0) is 36.0 Å². The number of nitrogens with one attached hydrogen (secondary N) is 2. The predicted octanol–water partition coefficient (Wildman–Crippen LogP) is 4.99. The van der Waals surface area contributed by atoms with Gasteiger partial charge in [-0.25, -0.2) is 10.0 Å². The standard InChI is InChI=1S/2C15H14N2O2S.Co/c2*1-10(18)17-13(15-7-4-8-20-15)9-12(16-17)11-5-2-3-6-14(11)19;/h2*2-8,13,16H,9H2,1H3;/b2*12-11-;. The van der Waals surface area contributed by atoms with E-state index in [0.29, 0.717) is 24.0 Å². The van der Waals surface area contributed by atoms with Crippen LogP contribution in [0.2, 0.25) is 0 Å². The van der Waals surface area contributed by atoms with E-state index >= 15 is 0 Å². The van der Waals surface area contributed by atoms with E-state index in [-0.39, 0.29) is 52.2 Å². The third-order valence-electron chi connectivity index (χ3n) is 6.78. The first-order chi connectivity index (χ1) is 19.3. The number of nitrogens with zero attached hydrogens (tertiary/aromatic N) is 2. The summed E-state index contributed by atoms with van der Waals surface area (Å²) in [5.41, 5.74) is 9.08. The molecular weight excluding hydrogens is 603 g/mol. The van der Waals surface area contributed by atoms with Crippen LogP contribution in [0.25, 0.3) is 0 Å². The molecule has 2 atom stereocenters. The maximum Gasteiger partial charge on any atom is 0.238 e. The van der Waals surface area contributed by atoms with E-state index in [1.807, 2.05) is 47.2 Å². The molecular formula is C30H28CoN4O4S2. The van der Waals surface area contributed by atoms with Crippen molar-refractivity contribution >= 4 is 46.1 Å². The SMILES string of the molecule is CC(=O)N1N/C(=C2/C=CC=CC2=O)CC1c1cccs1.CC(=O)N1N/C(=C2/C=CC=CC2=O)CC1c1cccs1.[Co]. The van der Waals surface area contributed by atoms with Gasteiger partial charge in [-0.3, -0.25) is 30.0 Å². The molecule has 2 unspecified atom stereocenters. The second-order valence-electron chi connectivity index (χ2n) is 9.42. The normalized spacial score (nSPS) is 24.5. The molecule has 2 fully saturated rings. The van der Waals surface area contributed by atoms with Gasteiger partial charge in [0.25, 0.3) is 0 Å². The van der Waals surface area contributed by atoms with E-state index in [4.69, 9.17) is 0 Å². The van der Waals surface area contributed by atoms with Crippen molar-refractivity contribution in [3.05, 3.63) is 116 Å². The zero-order chi connectivity index (χ0) is 28.2. The van der Waals surface area contributed by atoms with Crippen molar-refractivity contribution in [2.75, 3.05) is 0 Å². The van der Waals surface area contributed by atoms with E-state index in [9.17, 15) is 19.2 Å². The molecule has 2 N–H and O–H groups in total. The summed E-state index contributed by atoms with van der Waals surface area (Å²) in [7, 11) is 0. The van der Waals surface area contributed by atoms with Gasteiger partial charge in [0.1, 0.15) is 0 Å². The average Bonchev–Trinajstić information content (AvgIpc) is 3.74. The monoisotopic (exact) mass is 631 g/mol. The number of carbonyl (C=O) groups excluding carboxylic acids is 4. The molecule has 8 nitrogen and oxygen atoms in total. The molecule has 0 saturated carbocycles. The molecule has 11 heteroatoms. The molecule has 2 aliphatic heterocycles. The number of rotatable bonds is 2. The van der Waals surface area contributed by atoms with Crippen molar-refractivity contribution in [1.29, 1.82) is 0 Å². The summed E-state index contributed by atoms with van der Waals surface area (Å²) in [4.78, 5) is 49.6. The zero-order valence-electron chi connectivity index (χ0n) is 22.3. The smallest absolute Gasteiger partial charge is 0.238 e. The van der Waals surface area contributed by atoms with Crippen molar-refractivity contribution in [3.63, 3.8) is 0 Å². The quantitative estimate of drug-likeness (QED) is 0.454. The number of thiophene rings is 2. The van der Waals surface area contributed by atoms with Crippen LogP contribution >= 0.6 is 22.7 Å². The van der Waals surface area contributed by atoms with Crippen LogP contribution in [-0.4, -0.2) is 33.4 Å². The summed E-state index contributed by atoms with van der Waals surface area (Å²) in [6.45, 7) is 3.05. The molecule has 0 bridgehead atoms. The van der Waals surface area contributed by atoms with Crippen LogP contribution in [0.3, 0.4) is 0 Å². The summed E-state index contributed by atoms with van der Waals surface area (Å²) < 4.78 is 0. The third-order valence-corrected chi connectivity index (χ3v) is 8.72. The van der Waals surface area contributed by atoms with Gasteiger partial charge in [0.2, 0.25) is 11.8 Å². The van der Waals surface area contributed by atoms with Gasteiger partial charge >= 0.3 is 0 Å². The predicted molar refractivity (Wildman–Crippen MR) is 155 cm³/mol. The maximum atomic E-state index is 11.9. The number of hydrogen-bond acceptors (Lipinski definition) is 8. The van der Waals surface area contributed by atoms with Crippen LogP contribution < -0.4 is 10.9 Å². The Labute approximate surface area is 256 Å². The molecule has 2 aliphatic carbocycles. The molecule has 2 saturated heterocycles. The average molecular weight is 632 g/mol. The molecule has 0 aromatic carbocycles. The molecule has 2 aromatic heterocycles. The molecule has 0 spiro atoms. The van der Waals surface area contributed by atoms with Crippen LogP contribution in [0, 0.1) is 0 Å². The maximum absolute atomic E-state index is 11.9. The van der Waals surface area contributed by atoms with Gasteiger partial charge in [-0.2, -0.15) is 0 Å². The molecule has 213 valence electrons. The summed E-state index contributed by atoms with van der Waals surface area (Å²) in [6, 6.07) is 7.89. The number of allylic oxidation sites excluding steroid dienone is 10. The fourth-order valence-electron chi connectivity index (χ4n) is 4.89. The van der Waals surface area contributed by atoms with Crippen molar-refractivity contribution in [1.82, 2.24) is 20.9 Å². The fraction of sp³-hybridized carbons (Fsp3) is 0.200. The first-order valence-electron chi connectivity index (χ1n) is 12.8. The van der Waals surface area contributed by atoms with Crippen molar-refractivity contribution in [3.8, 4) is 0 Å². The summed E-state index contributed by atoms with van der Waals surface area (Å²) in [6.07, 6.45) is 15.1. The van der Waals surface area contributed by atoms with Crippen LogP contribution in [0.5, 0.6) is 0 Å². The van der Waals surface area contributed by atoms with Crippen LogP contribution in [0.15, 0.2) is 106 Å². The Kier molecular flexibility index (Phi) is 9.76. The van der Waals surface area contributed by atoms with Crippen molar-refractivity contribution in [2.45, 2.75) is 38.8 Å². The number of hydrazine groups is 2. The Morgan fingerprint density at radius 3 is 1.41 bits per heavy atom. The van der Waals surface area contributed by atoms with Gasteiger partial charge < -0.3 is 0 Å². The molecule has 1 radical (unpaired) electrons. The second-order valence-corrected chi connectivity index (χ2v) is 11.4. The van der Waals surface area contributed by atoms with Gasteiger partial charge in [0.15, 0.2) is 11.6 Å². The third kappa shape index (κ3) is 6.59. The minimum Gasteiger partial charge on any atom is -0.299 e. The Bertz CT molecular complexity index is 1400. The Morgan fingerprint density at radius 1 is 0.707 bits per heavy atom. The largest absolute Gasteiger partial charge is 0.299 e. The zero-order valence-corrected chi connectivity index (χ0v) is 25.0. The molecule has 2 aromatic rings. The molecule has 6 rings (SSSR count). The van der Waals surface area contributed by atoms with Gasteiger partial charge in [0.05, 0.1) is 12.1 Å². The Balaban J connectivity index is 0.000000184. The van der Waals surface area contributed by atoms with E-state index in [2.05, 4.69) is 10.9 Å². The summed E-state index contributed by atoms with van der Waals surface area (Å²) in [5.74, 6) is -0.153. The van der Waals surface area contributed by atoms with Gasteiger partial charge in [-0.1, -0.05) is 36.4 Å². The van der Waals surface area contributed by atoms with Gasteiger partial charge in [-0.05, 0) is 47.2 Å². The first-order valence-corrected chi connectivity index (χ1v) is 14.5. The fourth-order valence-corrected chi connectivity index (χ4v) is 6.53. The Morgan fingerprint density at radius 2 is 1.10 bits per heavy atom. The molecule has 4 heterocycles. The molecule has 2 amide bonds. The molecule has 41 heavy (non-hydrogen) atoms. The first kappa shape index (κ1) is 30.2. The van der Waals surface area contributed by atoms with Crippen LogP contribution in [0.1, 0.15) is 48.5 Å². The number of amides is 2. The van der Waals surface area contributed by atoms with Crippen LogP contribution in [0.4, 0.5) is 0 Å². The van der Waals surface area contributed by atoms with Gasteiger partial charge in [0, 0.05) is 75.8 Å². The van der Waals surface area contributed by atoms with E-state index < -0.39 is 0 Å². The second kappa shape index (κ2) is 13.3. The van der Waals surface area contributed by atoms with Crippen molar-refractivity contribution < 1.29 is 36.0 Å². The minimum atomic E-state index is -0.0539. The number of ketones is 2.